The molecule has 1 amide bonds. The highest BCUT2D eigenvalue weighted by atomic mass is 32.1. The third-order valence-electron chi connectivity index (χ3n) is 3.43. The van der Waals surface area contributed by atoms with Gasteiger partial charge >= 0.3 is 0 Å². The minimum absolute atomic E-state index is 0.146. The van der Waals surface area contributed by atoms with E-state index in [0.717, 1.165) is 26.9 Å². The number of hydrogen-bond acceptors (Lipinski definition) is 6. The summed E-state index contributed by atoms with van der Waals surface area (Å²) in [7, 11) is 1.63. The molecule has 3 rings (SSSR count). The molecule has 6 nitrogen and oxygen atoms in total. The summed E-state index contributed by atoms with van der Waals surface area (Å²) in [6, 6.07) is 9.39. The van der Waals surface area contributed by atoms with E-state index in [0.29, 0.717) is 11.6 Å². The average Bonchev–Trinajstić information content (AvgIpc) is 3.13. The fourth-order valence-electron chi connectivity index (χ4n) is 2.23. The molecule has 1 aromatic carbocycles. The summed E-state index contributed by atoms with van der Waals surface area (Å²) in [6.07, 6.45) is 0.249. The molecule has 2 aromatic heterocycles. The van der Waals surface area contributed by atoms with Gasteiger partial charge in [0.15, 0.2) is 5.82 Å². The zero-order chi connectivity index (χ0) is 17.1. The molecule has 0 aliphatic heterocycles. The minimum atomic E-state index is -0.146. The molecule has 0 radical (unpaired) electrons. The van der Waals surface area contributed by atoms with Crippen molar-refractivity contribution in [1.29, 1.82) is 0 Å². The van der Waals surface area contributed by atoms with Crippen LogP contribution < -0.4 is 10.1 Å². The lowest BCUT2D eigenvalue weighted by Crippen LogP contribution is -2.14. The van der Waals surface area contributed by atoms with Crippen molar-refractivity contribution >= 4 is 23.1 Å². The molecule has 124 valence electrons. The molecule has 0 aliphatic rings. The van der Waals surface area contributed by atoms with Gasteiger partial charge < -0.3 is 14.6 Å². The molecule has 0 aliphatic carbocycles. The number of rotatable bonds is 5. The maximum absolute atomic E-state index is 12.2. The Labute approximate surface area is 143 Å². The van der Waals surface area contributed by atoms with Crippen molar-refractivity contribution in [2.45, 2.75) is 20.3 Å². The Balaban J connectivity index is 1.75. The summed E-state index contributed by atoms with van der Waals surface area (Å²) in [5.74, 6) is 1.71. The summed E-state index contributed by atoms with van der Waals surface area (Å²) >= 11 is 1.50. The minimum Gasteiger partial charge on any atom is -0.497 e. The first-order chi connectivity index (χ1) is 11.5. The Bertz CT molecular complexity index is 870. The number of aromatic nitrogens is 2. The van der Waals surface area contributed by atoms with Gasteiger partial charge in [-0.2, -0.15) is 0 Å². The summed E-state index contributed by atoms with van der Waals surface area (Å²) in [5, 5.41) is 7.35. The SMILES string of the molecule is COc1cccc(-c2nc(C)c(CC(=O)Nc3cc(C)on3)s2)c1. The lowest BCUT2D eigenvalue weighted by molar-refractivity contribution is -0.115. The topological polar surface area (TPSA) is 77.2 Å². The van der Waals surface area contributed by atoms with Gasteiger partial charge in [0.25, 0.3) is 0 Å². The van der Waals surface area contributed by atoms with E-state index in [-0.39, 0.29) is 12.3 Å². The fraction of sp³-hybridized carbons (Fsp3) is 0.235. The van der Waals surface area contributed by atoms with Crippen LogP contribution in [0.2, 0.25) is 0 Å². The smallest absolute Gasteiger partial charge is 0.230 e. The lowest BCUT2D eigenvalue weighted by atomic mass is 10.2. The van der Waals surface area contributed by atoms with Gasteiger partial charge in [-0.1, -0.05) is 17.3 Å². The van der Waals surface area contributed by atoms with Crippen LogP contribution in [0.25, 0.3) is 10.6 Å². The van der Waals surface area contributed by atoms with Gasteiger partial charge in [-0.25, -0.2) is 4.98 Å². The number of benzene rings is 1. The van der Waals surface area contributed by atoms with Gasteiger partial charge in [0.2, 0.25) is 5.91 Å². The number of nitrogens with zero attached hydrogens (tertiary/aromatic N) is 2. The maximum atomic E-state index is 12.2. The molecule has 3 aromatic rings. The molecule has 0 bridgehead atoms. The van der Waals surface area contributed by atoms with Gasteiger partial charge in [0.1, 0.15) is 16.5 Å². The second-order valence-electron chi connectivity index (χ2n) is 5.31. The zero-order valence-electron chi connectivity index (χ0n) is 13.6. The van der Waals surface area contributed by atoms with Crippen LogP contribution in [0, 0.1) is 13.8 Å². The van der Waals surface area contributed by atoms with Crippen molar-refractivity contribution in [2.24, 2.45) is 0 Å². The fourth-order valence-corrected chi connectivity index (χ4v) is 3.29. The van der Waals surface area contributed by atoms with E-state index >= 15 is 0 Å². The van der Waals surface area contributed by atoms with E-state index in [9.17, 15) is 4.79 Å². The average molecular weight is 343 g/mol. The second-order valence-corrected chi connectivity index (χ2v) is 6.39. The van der Waals surface area contributed by atoms with Crippen molar-refractivity contribution in [3.8, 4) is 16.3 Å². The van der Waals surface area contributed by atoms with Crippen LogP contribution in [-0.4, -0.2) is 23.2 Å². The molecule has 24 heavy (non-hydrogen) atoms. The van der Waals surface area contributed by atoms with E-state index in [1.165, 1.54) is 11.3 Å². The Kier molecular flexibility index (Phi) is 4.61. The molecule has 2 heterocycles. The number of aryl methyl sites for hydroxylation is 2. The van der Waals surface area contributed by atoms with Crippen LogP contribution in [0.3, 0.4) is 0 Å². The highest BCUT2D eigenvalue weighted by Gasteiger charge is 2.14. The van der Waals surface area contributed by atoms with E-state index in [4.69, 9.17) is 9.26 Å². The molecular weight excluding hydrogens is 326 g/mol. The second kappa shape index (κ2) is 6.84. The molecule has 0 fully saturated rings. The van der Waals surface area contributed by atoms with Crippen molar-refractivity contribution in [3.63, 3.8) is 0 Å². The predicted octanol–water partition coefficient (Wildman–Crippen LogP) is 3.60. The first-order valence-electron chi connectivity index (χ1n) is 7.39. The van der Waals surface area contributed by atoms with E-state index in [2.05, 4.69) is 15.5 Å². The van der Waals surface area contributed by atoms with Gasteiger partial charge in [-0.15, -0.1) is 11.3 Å². The first kappa shape index (κ1) is 16.2. The van der Waals surface area contributed by atoms with Crippen LogP contribution in [0.15, 0.2) is 34.9 Å². The largest absolute Gasteiger partial charge is 0.497 e. The number of thiazole rings is 1. The monoisotopic (exact) mass is 343 g/mol. The number of carbonyl (C=O) groups is 1. The van der Waals surface area contributed by atoms with Crippen LogP contribution >= 0.6 is 11.3 Å². The summed E-state index contributed by atoms with van der Waals surface area (Å²) < 4.78 is 10.2. The van der Waals surface area contributed by atoms with Crippen LogP contribution in [0.1, 0.15) is 16.3 Å². The Morgan fingerprint density at radius 3 is 2.88 bits per heavy atom. The van der Waals surface area contributed by atoms with Crippen molar-refractivity contribution in [2.75, 3.05) is 12.4 Å². The molecule has 0 saturated carbocycles. The van der Waals surface area contributed by atoms with Gasteiger partial charge in [-0.3, -0.25) is 4.79 Å². The van der Waals surface area contributed by atoms with Gasteiger partial charge in [-0.05, 0) is 26.0 Å². The van der Waals surface area contributed by atoms with Gasteiger partial charge in [0, 0.05) is 16.5 Å². The Morgan fingerprint density at radius 1 is 1.33 bits per heavy atom. The molecule has 1 N–H and O–H groups in total. The normalized spacial score (nSPS) is 10.6. The third kappa shape index (κ3) is 3.62. The standard InChI is InChI=1S/C17H17N3O3S/c1-10-7-15(20-23-10)19-16(21)9-14-11(2)18-17(24-14)12-5-4-6-13(8-12)22-3/h4-8H,9H2,1-3H3,(H,19,20,21). The lowest BCUT2D eigenvalue weighted by Gasteiger charge is -2.01. The Morgan fingerprint density at radius 2 is 2.17 bits per heavy atom. The van der Waals surface area contributed by atoms with E-state index in [1.807, 2.05) is 31.2 Å². The summed E-state index contributed by atoms with van der Waals surface area (Å²) in [5.41, 5.74) is 1.82. The van der Waals surface area contributed by atoms with Crippen molar-refractivity contribution in [1.82, 2.24) is 10.1 Å². The molecule has 0 spiro atoms. The van der Waals surface area contributed by atoms with E-state index in [1.54, 1.807) is 20.1 Å². The number of ether oxygens (including phenoxy) is 1. The maximum Gasteiger partial charge on any atom is 0.230 e. The van der Waals surface area contributed by atoms with Crippen molar-refractivity contribution in [3.05, 3.63) is 46.7 Å². The Hall–Kier alpha value is -2.67. The van der Waals surface area contributed by atoms with Crippen LogP contribution in [0.4, 0.5) is 5.82 Å². The number of amides is 1. The quantitative estimate of drug-likeness (QED) is 0.766. The number of methoxy groups -OCH3 is 1. The number of hydrogen-bond donors (Lipinski definition) is 1. The van der Waals surface area contributed by atoms with Gasteiger partial charge in [0.05, 0.1) is 19.2 Å². The highest BCUT2D eigenvalue weighted by Crippen LogP contribution is 2.30. The third-order valence-corrected chi connectivity index (χ3v) is 4.63. The molecule has 0 saturated heterocycles. The van der Waals surface area contributed by atoms with Crippen LogP contribution in [-0.2, 0) is 11.2 Å². The first-order valence-corrected chi connectivity index (χ1v) is 8.20. The summed E-state index contributed by atoms with van der Waals surface area (Å²) in [4.78, 5) is 17.6. The predicted molar refractivity (Wildman–Crippen MR) is 92.4 cm³/mol. The highest BCUT2D eigenvalue weighted by molar-refractivity contribution is 7.15. The summed E-state index contributed by atoms with van der Waals surface area (Å²) in [6.45, 7) is 3.68. The van der Waals surface area contributed by atoms with Crippen molar-refractivity contribution < 1.29 is 14.1 Å². The molecule has 7 heteroatoms. The number of anilines is 1. The molecule has 0 unspecified atom stereocenters. The zero-order valence-corrected chi connectivity index (χ0v) is 14.4. The molecule has 0 atom stereocenters. The molecular formula is C17H17N3O3S. The number of carbonyl (C=O) groups excluding carboxylic acids is 1. The van der Waals surface area contributed by atoms with E-state index < -0.39 is 0 Å². The van der Waals surface area contributed by atoms with Crippen LogP contribution in [0.5, 0.6) is 5.75 Å². The number of nitrogens with one attached hydrogen (secondary N) is 1.